The average molecular weight is 360 g/mol. The van der Waals surface area contributed by atoms with Crippen LogP contribution in [-0.4, -0.2) is 16.7 Å². The molecule has 0 unspecified atom stereocenters. The zero-order valence-electron chi connectivity index (χ0n) is 11.1. The third kappa shape index (κ3) is 2.35. The maximum atomic E-state index is 9.35. The molecule has 3 aromatic rings. The molecule has 4 nitrogen and oxygen atoms in total. The molecule has 0 aliphatic rings. The molecule has 3 rings (SSSR count). The molecule has 6 heteroatoms. The van der Waals surface area contributed by atoms with Gasteiger partial charge in [0.15, 0.2) is 4.77 Å². The van der Waals surface area contributed by atoms with Gasteiger partial charge in [-0.05, 0) is 42.5 Å². The van der Waals surface area contributed by atoms with Gasteiger partial charge in [0.05, 0.1) is 29.4 Å². The molecule has 0 radical (unpaired) electrons. The second-order valence-corrected chi connectivity index (χ2v) is 5.72. The van der Waals surface area contributed by atoms with Crippen molar-refractivity contribution in [2.75, 3.05) is 7.11 Å². The summed E-state index contributed by atoms with van der Waals surface area (Å²) in [7, 11) is 1.62. The number of aromatic nitrogens is 2. The fraction of sp³-hybridized carbons (Fsp3) is 0.0667. The van der Waals surface area contributed by atoms with Gasteiger partial charge in [-0.2, -0.15) is 5.26 Å². The van der Waals surface area contributed by atoms with Crippen molar-refractivity contribution in [2.24, 2.45) is 0 Å². The van der Waals surface area contributed by atoms with Crippen LogP contribution in [0.25, 0.3) is 16.7 Å². The Morgan fingerprint density at radius 1 is 1.29 bits per heavy atom. The van der Waals surface area contributed by atoms with E-state index in [1.165, 1.54) is 0 Å². The molecule has 0 aliphatic heterocycles. The summed E-state index contributed by atoms with van der Waals surface area (Å²) in [5.41, 5.74) is 3.06. The molecule has 21 heavy (non-hydrogen) atoms. The Bertz CT molecular complexity index is 936. The minimum Gasteiger partial charge on any atom is -0.497 e. The van der Waals surface area contributed by atoms with Crippen LogP contribution in [-0.2, 0) is 0 Å². The number of ether oxygens (including phenoxy) is 1. The van der Waals surface area contributed by atoms with Gasteiger partial charge in [-0.15, -0.1) is 0 Å². The van der Waals surface area contributed by atoms with Crippen molar-refractivity contribution in [3.63, 3.8) is 0 Å². The molecular formula is C15H10BrN3OS. The van der Waals surface area contributed by atoms with Crippen molar-refractivity contribution in [1.29, 1.82) is 5.26 Å². The SMILES string of the molecule is COc1ccc2[nH]c(=S)n(-c3ccc(Br)cc3C#N)c2c1. The first-order valence-corrected chi connectivity index (χ1v) is 7.33. The zero-order chi connectivity index (χ0) is 15.0. The van der Waals surface area contributed by atoms with Crippen LogP contribution in [0.15, 0.2) is 40.9 Å². The van der Waals surface area contributed by atoms with Crippen LogP contribution in [0.5, 0.6) is 5.75 Å². The Labute approximate surface area is 134 Å². The van der Waals surface area contributed by atoms with E-state index in [-0.39, 0.29) is 0 Å². The maximum absolute atomic E-state index is 9.35. The number of hydrogen-bond donors (Lipinski definition) is 1. The molecule has 0 aliphatic carbocycles. The number of fused-ring (bicyclic) bond motifs is 1. The van der Waals surface area contributed by atoms with Crippen LogP contribution in [0.4, 0.5) is 0 Å². The molecule has 104 valence electrons. The highest BCUT2D eigenvalue weighted by molar-refractivity contribution is 9.10. The minimum absolute atomic E-state index is 0.539. The van der Waals surface area contributed by atoms with E-state index in [0.717, 1.165) is 26.9 Å². The van der Waals surface area contributed by atoms with E-state index in [4.69, 9.17) is 17.0 Å². The van der Waals surface area contributed by atoms with Crippen LogP contribution in [0.2, 0.25) is 0 Å². The van der Waals surface area contributed by atoms with E-state index < -0.39 is 0 Å². The van der Waals surface area contributed by atoms with E-state index in [1.807, 2.05) is 34.9 Å². The topological polar surface area (TPSA) is 53.7 Å². The van der Waals surface area contributed by atoms with Crippen LogP contribution < -0.4 is 4.74 Å². The van der Waals surface area contributed by atoms with Crippen molar-refractivity contribution in [3.05, 3.63) is 51.2 Å². The Morgan fingerprint density at radius 3 is 2.81 bits per heavy atom. The molecule has 1 N–H and O–H groups in total. The summed E-state index contributed by atoms with van der Waals surface area (Å²) in [6.07, 6.45) is 0. The second kappa shape index (κ2) is 5.35. The summed E-state index contributed by atoms with van der Waals surface area (Å²) < 4.78 is 8.50. The lowest BCUT2D eigenvalue weighted by Gasteiger charge is -2.08. The highest BCUT2D eigenvalue weighted by Gasteiger charge is 2.11. The number of nitrogens with zero attached hydrogens (tertiary/aromatic N) is 2. The summed E-state index contributed by atoms with van der Waals surface area (Å²) in [5, 5.41) is 9.35. The Morgan fingerprint density at radius 2 is 2.10 bits per heavy atom. The van der Waals surface area contributed by atoms with E-state index in [9.17, 15) is 5.26 Å². The standard InChI is InChI=1S/C15H10BrN3OS/c1-20-11-3-4-12-14(7-11)19(15(21)18-12)13-5-2-10(16)6-9(13)8-17/h2-7H,1H3,(H,18,21). The Hall–Kier alpha value is -2.10. The van der Waals surface area contributed by atoms with Gasteiger partial charge in [0.1, 0.15) is 11.8 Å². The number of benzene rings is 2. The number of methoxy groups -OCH3 is 1. The number of imidazole rings is 1. The van der Waals surface area contributed by atoms with Gasteiger partial charge in [-0.3, -0.25) is 4.57 Å². The normalized spacial score (nSPS) is 10.5. The highest BCUT2D eigenvalue weighted by atomic mass is 79.9. The first-order valence-electron chi connectivity index (χ1n) is 6.13. The lowest BCUT2D eigenvalue weighted by molar-refractivity contribution is 0.415. The fourth-order valence-electron chi connectivity index (χ4n) is 2.24. The van der Waals surface area contributed by atoms with Crippen molar-refractivity contribution in [2.45, 2.75) is 0 Å². The van der Waals surface area contributed by atoms with Crippen molar-refractivity contribution >= 4 is 39.2 Å². The lowest BCUT2D eigenvalue weighted by atomic mass is 10.2. The quantitative estimate of drug-likeness (QED) is 0.692. The number of hydrogen-bond acceptors (Lipinski definition) is 3. The highest BCUT2D eigenvalue weighted by Crippen LogP contribution is 2.27. The summed E-state index contributed by atoms with van der Waals surface area (Å²) in [6.45, 7) is 0. The molecule has 0 spiro atoms. The van der Waals surface area contributed by atoms with Crippen molar-refractivity contribution in [3.8, 4) is 17.5 Å². The van der Waals surface area contributed by atoms with E-state index in [0.29, 0.717) is 10.3 Å². The maximum Gasteiger partial charge on any atom is 0.182 e. The number of H-pyrrole nitrogens is 1. The number of rotatable bonds is 2. The smallest absolute Gasteiger partial charge is 0.182 e. The van der Waals surface area contributed by atoms with E-state index in [1.54, 1.807) is 13.2 Å². The number of aromatic amines is 1. The van der Waals surface area contributed by atoms with Crippen molar-refractivity contribution < 1.29 is 4.74 Å². The minimum atomic E-state index is 0.539. The van der Waals surface area contributed by atoms with Gasteiger partial charge >= 0.3 is 0 Å². The molecule has 0 bridgehead atoms. The Kier molecular flexibility index (Phi) is 3.53. The summed E-state index contributed by atoms with van der Waals surface area (Å²) >= 11 is 8.78. The second-order valence-electron chi connectivity index (χ2n) is 4.42. The molecule has 0 saturated carbocycles. The Balaban J connectivity index is 2.37. The van der Waals surface area contributed by atoms with Gasteiger partial charge in [0, 0.05) is 10.5 Å². The number of nitrogens with one attached hydrogen (secondary N) is 1. The van der Waals surface area contributed by atoms with Crippen LogP contribution in [0.1, 0.15) is 5.56 Å². The molecule has 0 atom stereocenters. The molecule has 1 heterocycles. The van der Waals surface area contributed by atoms with Gasteiger partial charge in [0.2, 0.25) is 0 Å². The average Bonchev–Trinajstić information content (AvgIpc) is 2.82. The van der Waals surface area contributed by atoms with E-state index in [2.05, 4.69) is 27.0 Å². The summed E-state index contributed by atoms with van der Waals surface area (Å²) in [5.74, 6) is 0.737. The van der Waals surface area contributed by atoms with Crippen LogP contribution >= 0.6 is 28.1 Å². The first kappa shape index (κ1) is 13.9. The predicted octanol–water partition coefficient (Wildman–Crippen LogP) is 4.33. The van der Waals surface area contributed by atoms with Crippen LogP contribution in [0.3, 0.4) is 0 Å². The number of nitriles is 1. The molecule has 1 aromatic heterocycles. The largest absolute Gasteiger partial charge is 0.497 e. The summed E-state index contributed by atoms with van der Waals surface area (Å²) in [4.78, 5) is 3.14. The predicted molar refractivity (Wildman–Crippen MR) is 87.4 cm³/mol. The molecule has 0 saturated heterocycles. The lowest BCUT2D eigenvalue weighted by Crippen LogP contribution is -1.98. The van der Waals surface area contributed by atoms with Gasteiger partial charge in [-0.25, -0.2) is 0 Å². The number of halogens is 1. The van der Waals surface area contributed by atoms with E-state index >= 15 is 0 Å². The molecule has 2 aromatic carbocycles. The molecule has 0 amide bonds. The van der Waals surface area contributed by atoms with Crippen LogP contribution in [0, 0.1) is 16.1 Å². The molecule has 0 fully saturated rings. The molecular weight excluding hydrogens is 350 g/mol. The fourth-order valence-corrected chi connectivity index (χ4v) is 2.91. The van der Waals surface area contributed by atoms with Gasteiger partial charge in [0.25, 0.3) is 0 Å². The first-order chi connectivity index (χ1) is 10.1. The van der Waals surface area contributed by atoms with Gasteiger partial charge < -0.3 is 9.72 Å². The monoisotopic (exact) mass is 359 g/mol. The zero-order valence-corrected chi connectivity index (χ0v) is 13.5. The third-order valence-corrected chi connectivity index (χ3v) is 3.99. The van der Waals surface area contributed by atoms with Crippen molar-refractivity contribution in [1.82, 2.24) is 9.55 Å². The third-order valence-electron chi connectivity index (χ3n) is 3.21. The summed E-state index contributed by atoms with van der Waals surface area (Å²) in [6, 6.07) is 13.4. The van der Waals surface area contributed by atoms with Gasteiger partial charge in [-0.1, -0.05) is 15.9 Å².